The Morgan fingerprint density at radius 2 is 2.10 bits per heavy atom. The van der Waals surface area contributed by atoms with Crippen LogP contribution in [0.25, 0.3) is 0 Å². The van der Waals surface area contributed by atoms with Crippen LogP contribution in [0.2, 0.25) is 0 Å². The van der Waals surface area contributed by atoms with Crippen LogP contribution in [0.3, 0.4) is 0 Å². The lowest BCUT2D eigenvalue weighted by atomic mass is 10.1. The van der Waals surface area contributed by atoms with E-state index in [-0.39, 0.29) is 18.0 Å². The summed E-state index contributed by atoms with van der Waals surface area (Å²) >= 11 is 0. The molecule has 0 aliphatic carbocycles. The molecule has 0 aromatic heterocycles. The Kier molecular flexibility index (Phi) is 4.46. The Labute approximate surface area is 60.9 Å². The van der Waals surface area contributed by atoms with Gasteiger partial charge in [0.2, 0.25) is 0 Å². The van der Waals surface area contributed by atoms with Crippen LogP contribution in [-0.2, 0) is 9.59 Å². The van der Waals surface area contributed by atoms with Gasteiger partial charge in [-0.3, -0.25) is 9.59 Å². The number of ketones is 2. The molecule has 0 radical (unpaired) electrons. The molecule has 0 bridgehead atoms. The van der Waals surface area contributed by atoms with Crippen molar-refractivity contribution in [2.24, 2.45) is 0 Å². The van der Waals surface area contributed by atoms with Gasteiger partial charge in [-0.25, -0.2) is 0 Å². The number of hydrogen-bond acceptors (Lipinski definition) is 2. The molecule has 2 heteroatoms. The number of hydrogen-bond donors (Lipinski definition) is 0. The molecule has 0 aromatic carbocycles. The molecule has 0 atom stereocenters. The zero-order valence-corrected chi connectivity index (χ0v) is 6.22. The maximum atomic E-state index is 10.7. The second-order valence-corrected chi connectivity index (χ2v) is 2.14. The number of carbonyl (C=O) groups excluding carboxylic acids is 2. The number of carbonyl (C=O) groups is 2. The van der Waals surface area contributed by atoms with Crippen LogP contribution in [0.15, 0.2) is 12.7 Å². The van der Waals surface area contributed by atoms with Crippen molar-refractivity contribution in [1.82, 2.24) is 0 Å². The van der Waals surface area contributed by atoms with Crippen LogP contribution in [0.1, 0.15) is 26.2 Å². The third-order valence-electron chi connectivity index (χ3n) is 1.13. The van der Waals surface area contributed by atoms with Gasteiger partial charge >= 0.3 is 0 Å². The summed E-state index contributed by atoms with van der Waals surface area (Å²) in [4.78, 5) is 21.3. The Bertz CT molecular complexity index is 147. The monoisotopic (exact) mass is 140 g/mol. The predicted molar refractivity (Wildman–Crippen MR) is 39.7 cm³/mol. The van der Waals surface area contributed by atoms with E-state index in [1.165, 1.54) is 6.08 Å². The SMILES string of the molecule is C=CC(=O)CC(=O)CCC. The summed E-state index contributed by atoms with van der Waals surface area (Å²) in [6, 6.07) is 0. The molecule has 0 fully saturated rings. The van der Waals surface area contributed by atoms with E-state index in [2.05, 4.69) is 6.58 Å². The van der Waals surface area contributed by atoms with Crippen molar-refractivity contribution in [3.8, 4) is 0 Å². The molecule has 0 aliphatic rings. The van der Waals surface area contributed by atoms with Crippen LogP contribution in [0, 0.1) is 0 Å². The minimum Gasteiger partial charge on any atom is -0.299 e. The molecule has 56 valence electrons. The van der Waals surface area contributed by atoms with Crippen molar-refractivity contribution in [3.05, 3.63) is 12.7 Å². The second-order valence-electron chi connectivity index (χ2n) is 2.14. The van der Waals surface area contributed by atoms with E-state index in [1.54, 1.807) is 0 Å². The average Bonchev–Trinajstić information content (AvgIpc) is 1.88. The standard InChI is InChI=1S/C8H12O2/c1-3-5-8(10)6-7(9)4-2/h4H,2-3,5-6H2,1H3. The van der Waals surface area contributed by atoms with Crippen molar-refractivity contribution in [2.45, 2.75) is 26.2 Å². The summed E-state index contributed by atoms with van der Waals surface area (Å²) < 4.78 is 0. The first-order chi connectivity index (χ1) is 4.70. The molecule has 0 aliphatic heterocycles. The van der Waals surface area contributed by atoms with Crippen molar-refractivity contribution < 1.29 is 9.59 Å². The van der Waals surface area contributed by atoms with Crippen molar-refractivity contribution in [2.75, 3.05) is 0 Å². The fraction of sp³-hybridized carbons (Fsp3) is 0.500. The molecular weight excluding hydrogens is 128 g/mol. The van der Waals surface area contributed by atoms with Crippen LogP contribution < -0.4 is 0 Å². The molecule has 0 saturated carbocycles. The average molecular weight is 140 g/mol. The summed E-state index contributed by atoms with van der Waals surface area (Å²) in [5, 5.41) is 0. The highest BCUT2D eigenvalue weighted by Crippen LogP contribution is 1.94. The third kappa shape index (κ3) is 4.01. The first kappa shape index (κ1) is 9.08. The van der Waals surface area contributed by atoms with Gasteiger partial charge in [0.25, 0.3) is 0 Å². The van der Waals surface area contributed by atoms with Crippen molar-refractivity contribution in [3.63, 3.8) is 0 Å². The number of Topliss-reactive ketones (excluding diaryl/α,β-unsaturated/α-hetero) is 1. The lowest BCUT2D eigenvalue weighted by Crippen LogP contribution is -2.03. The molecule has 0 N–H and O–H groups in total. The van der Waals surface area contributed by atoms with Crippen LogP contribution in [0.4, 0.5) is 0 Å². The topological polar surface area (TPSA) is 34.1 Å². The summed E-state index contributed by atoms with van der Waals surface area (Å²) in [5.74, 6) is -0.175. The maximum Gasteiger partial charge on any atom is 0.162 e. The van der Waals surface area contributed by atoms with Crippen LogP contribution in [0.5, 0.6) is 0 Å². The highest BCUT2D eigenvalue weighted by Gasteiger charge is 2.03. The second kappa shape index (κ2) is 4.91. The Morgan fingerprint density at radius 1 is 1.50 bits per heavy atom. The largest absolute Gasteiger partial charge is 0.299 e. The van der Waals surface area contributed by atoms with E-state index in [1.807, 2.05) is 6.92 Å². The van der Waals surface area contributed by atoms with Gasteiger partial charge in [0, 0.05) is 6.42 Å². The predicted octanol–water partition coefficient (Wildman–Crippen LogP) is 1.50. The molecule has 10 heavy (non-hydrogen) atoms. The minimum absolute atomic E-state index is 0.00685. The molecule has 0 rings (SSSR count). The van der Waals surface area contributed by atoms with Crippen LogP contribution in [-0.4, -0.2) is 11.6 Å². The molecule has 0 aromatic rings. The maximum absolute atomic E-state index is 10.7. The number of allylic oxidation sites excluding steroid dienone is 1. The van der Waals surface area contributed by atoms with E-state index in [0.29, 0.717) is 6.42 Å². The van der Waals surface area contributed by atoms with E-state index in [4.69, 9.17) is 0 Å². The van der Waals surface area contributed by atoms with Gasteiger partial charge in [-0.2, -0.15) is 0 Å². The van der Waals surface area contributed by atoms with Crippen molar-refractivity contribution in [1.29, 1.82) is 0 Å². The summed E-state index contributed by atoms with van der Waals surface area (Å²) in [7, 11) is 0. The zero-order chi connectivity index (χ0) is 7.98. The van der Waals surface area contributed by atoms with E-state index in [9.17, 15) is 9.59 Å². The number of rotatable bonds is 5. The molecule has 0 unspecified atom stereocenters. The normalized spacial score (nSPS) is 8.90. The fourth-order valence-corrected chi connectivity index (χ4v) is 0.634. The molecule has 0 heterocycles. The van der Waals surface area contributed by atoms with Gasteiger partial charge in [0.1, 0.15) is 5.78 Å². The summed E-state index contributed by atoms with van der Waals surface area (Å²) in [5.41, 5.74) is 0. The lowest BCUT2D eigenvalue weighted by Gasteiger charge is -1.92. The first-order valence-corrected chi connectivity index (χ1v) is 3.37. The Morgan fingerprint density at radius 3 is 2.50 bits per heavy atom. The van der Waals surface area contributed by atoms with E-state index in [0.717, 1.165) is 6.42 Å². The van der Waals surface area contributed by atoms with Gasteiger partial charge < -0.3 is 0 Å². The van der Waals surface area contributed by atoms with Gasteiger partial charge in [0.05, 0.1) is 6.42 Å². The molecule has 0 saturated heterocycles. The fourth-order valence-electron chi connectivity index (χ4n) is 0.634. The highest BCUT2D eigenvalue weighted by atomic mass is 16.1. The third-order valence-corrected chi connectivity index (χ3v) is 1.13. The van der Waals surface area contributed by atoms with Gasteiger partial charge in [-0.05, 0) is 12.5 Å². The van der Waals surface area contributed by atoms with E-state index < -0.39 is 0 Å². The van der Waals surface area contributed by atoms with Crippen molar-refractivity contribution >= 4 is 11.6 Å². The highest BCUT2D eigenvalue weighted by molar-refractivity contribution is 6.04. The minimum atomic E-state index is -0.182. The quantitative estimate of drug-likeness (QED) is 0.428. The molecule has 0 spiro atoms. The zero-order valence-electron chi connectivity index (χ0n) is 6.22. The van der Waals surface area contributed by atoms with Gasteiger partial charge in [-0.1, -0.05) is 13.5 Å². The smallest absolute Gasteiger partial charge is 0.162 e. The van der Waals surface area contributed by atoms with Crippen LogP contribution >= 0.6 is 0 Å². The molecule has 0 amide bonds. The first-order valence-electron chi connectivity index (χ1n) is 3.37. The lowest BCUT2D eigenvalue weighted by molar-refractivity contribution is -0.124. The van der Waals surface area contributed by atoms with Gasteiger partial charge in [0.15, 0.2) is 5.78 Å². The molecular formula is C8H12O2. The molecule has 2 nitrogen and oxygen atoms in total. The summed E-state index contributed by atoms with van der Waals surface area (Å²) in [6.07, 6.45) is 2.52. The van der Waals surface area contributed by atoms with Gasteiger partial charge in [-0.15, -0.1) is 0 Å². The Balaban J connectivity index is 3.57. The summed E-state index contributed by atoms with van der Waals surface area (Å²) in [6.45, 7) is 5.19. The van der Waals surface area contributed by atoms with E-state index >= 15 is 0 Å². The Hall–Kier alpha value is -0.920.